The Labute approximate surface area is 114 Å². The van der Waals surface area contributed by atoms with Crippen LogP contribution < -0.4 is 5.32 Å². The van der Waals surface area contributed by atoms with Crippen LogP contribution in [0.1, 0.15) is 15.2 Å². The number of rotatable bonds is 4. The van der Waals surface area contributed by atoms with Crippen molar-refractivity contribution in [2.75, 3.05) is 5.32 Å². The summed E-state index contributed by atoms with van der Waals surface area (Å²) in [6.45, 7) is 0. The third-order valence-electron chi connectivity index (χ3n) is 2.31. The van der Waals surface area contributed by atoms with Crippen LogP contribution in [0.25, 0.3) is 6.08 Å². The normalized spacial score (nSPS) is 10.5. The number of carbonyl (C=O) groups excluding carboxylic acids is 1. The Morgan fingerprint density at radius 3 is 2.74 bits per heavy atom. The second-order valence-electron chi connectivity index (χ2n) is 3.73. The zero-order valence-corrected chi connectivity index (χ0v) is 10.7. The highest BCUT2D eigenvalue weighted by Gasteiger charge is 2.06. The Bertz CT molecular complexity index is 617. The molecule has 1 aromatic carbocycles. The molecule has 0 aliphatic carbocycles. The topological polar surface area (TPSA) is 66.4 Å². The first kappa shape index (κ1) is 13.0. The van der Waals surface area contributed by atoms with E-state index >= 15 is 0 Å². The van der Waals surface area contributed by atoms with Crippen molar-refractivity contribution < 1.29 is 14.7 Å². The van der Waals surface area contributed by atoms with Crippen molar-refractivity contribution in [1.82, 2.24) is 0 Å². The smallest absolute Gasteiger partial charge is 0.328 e. The van der Waals surface area contributed by atoms with Crippen LogP contribution in [0.3, 0.4) is 0 Å². The van der Waals surface area contributed by atoms with Crippen LogP contribution in [0.4, 0.5) is 5.69 Å². The number of carboxylic acid groups (broad SMARTS) is 1. The predicted octanol–water partition coefficient (Wildman–Crippen LogP) is 3.10. The first-order valence-electron chi connectivity index (χ1n) is 5.51. The maximum Gasteiger partial charge on any atom is 0.328 e. The van der Waals surface area contributed by atoms with Gasteiger partial charge in [0.1, 0.15) is 0 Å². The first-order valence-corrected chi connectivity index (χ1v) is 6.39. The van der Waals surface area contributed by atoms with Crippen molar-refractivity contribution in [3.63, 3.8) is 0 Å². The SMILES string of the molecule is O=C(O)C=Cc1cccc(NC(=O)c2cccs2)c1. The van der Waals surface area contributed by atoms with Gasteiger partial charge in [0, 0.05) is 11.8 Å². The van der Waals surface area contributed by atoms with E-state index in [0.717, 1.165) is 6.08 Å². The highest BCUT2D eigenvalue weighted by atomic mass is 32.1. The molecule has 0 unspecified atom stereocenters. The zero-order chi connectivity index (χ0) is 13.7. The quantitative estimate of drug-likeness (QED) is 0.841. The summed E-state index contributed by atoms with van der Waals surface area (Å²) in [5, 5.41) is 13.2. The molecule has 4 nitrogen and oxygen atoms in total. The predicted molar refractivity (Wildman–Crippen MR) is 75.4 cm³/mol. The fraction of sp³-hybridized carbons (Fsp3) is 0. The third-order valence-corrected chi connectivity index (χ3v) is 3.18. The second-order valence-corrected chi connectivity index (χ2v) is 4.68. The van der Waals surface area contributed by atoms with Gasteiger partial charge >= 0.3 is 5.97 Å². The minimum Gasteiger partial charge on any atom is -0.478 e. The molecule has 0 atom stereocenters. The van der Waals surface area contributed by atoms with E-state index in [0.29, 0.717) is 16.1 Å². The molecule has 0 saturated carbocycles. The molecular formula is C14H11NO3S. The molecule has 5 heteroatoms. The van der Waals surface area contributed by atoms with Gasteiger partial charge in [-0.1, -0.05) is 18.2 Å². The number of anilines is 1. The standard InChI is InChI=1S/C14H11NO3S/c16-13(17)7-6-10-3-1-4-11(9-10)15-14(18)12-5-2-8-19-12/h1-9H,(H,15,18)(H,16,17). The number of hydrogen-bond acceptors (Lipinski definition) is 3. The van der Waals surface area contributed by atoms with E-state index in [1.54, 1.807) is 30.3 Å². The van der Waals surface area contributed by atoms with Crippen molar-refractivity contribution in [2.45, 2.75) is 0 Å². The number of aliphatic carboxylic acids is 1. The molecule has 0 radical (unpaired) electrons. The second kappa shape index (κ2) is 5.97. The van der Waals surface area contributed by atoms with Gasteiger partial charge in [-0.05, 0) is 35.2 Å². The molecule has 0 spiro atoms. The summed E-state index contributed by atoms with van der Waals surface area (Å²) in [6.07, 6.45) is 2.53. The largest absolute Gasteiger partial charge is 0.478 e. The van der Waals surface area contributed by atoms with Crippen LogP contribution in [0.5, 0.6) is 0 Å². The lowest BCUT2D eigenvalue weighted by molar-refractivity contribution is -0.131. The van der Waals surface area contributed by atoms with Gasteiger partial charge in [0.25, 0.3) is 5.91 Å². The van der Waals surface area contributed by atoms with Crippen LogP contribution in [-0.4, -0.2) is 17.0 Å². The van der Waals surface area contributed by atoms with E-state index in [2.05, 4.69) is 5.32 Å². The molecule has 2 N–H and O–H groups in total. The van der Waals surface area contributed by atoms with E-state index in [1.807, 2.05) is 11.4 Å². The molecule has 2 aromatic rings. The van der Waals surface area contributed by atoms with E-state index in [4.69, 9.17) is 5.11 Å². The van der Waals surface area contributed by atoms with Crippen molar-refractivity contribution in [3.05, 3.63) is 58.3 Å². The van der Waals surface area contributed by atoms with Crippen molar-refractivity contribution in [3.8, 4) is 0 Å². The van der Waals surface area contributed by atoms with Crippen LogP contribution in [0, 0.1) is 0 Å². The van der Waals surface area contributed by atoms with E-state index in [9.17, 15) is 9.59 Å². The summed E-state index contributed by atoms with van der Waals surface area (Å²) in [4.78, 5) is 22.9. The van der Waals surface area contributed by atoms with E-state index < -0.39 is 5.97 Å². The van der Waals surface area contributed by atoms with E-state index in [1.165, 1.54) is 17.4 Å². The molecule has 96 valence electrons. The minimum atomic E-state index is -1.01. The molecule has 1 amide bonds. The fourth-order valence-electron chi connectivity index (χ4n) is 1.49. The van der Waals surface area contributed by atoms with E-state index in [-0.39, 0.29) is 5.91 Å². The van der Waals surface area contributed by atoms with Crippen LogP contribution >= 0.6 is 11.3 Å². The number of nitrogens with one attached hydrogen (secondary N) is 1. The lowest BCUT2D eigenvalue weighted by atomic mass is 10.2. The van der Waals surface area contributed by atoms with Gasteiger partial charge in [-0.25, -0.2) is 4.79 Å². The van der Waals surface area contributed by atoms with Gasteiger partial charge in [-0.15, -0.1) is 11.3 Å². The Kier molecular flexibility index (Phi) is 4.10. The molecular weight excluding hydrogens is 262 g/mol. The number of thiophene rings is 1. The van der Waals surface area contributed by atoms with Crippen LogP contribution in [0.2, 0.25) is 0 Å². The van der Waals surface area contributed by atoms with Gasteiger partial charge in [0.05, 0.1) is 4.88 Å². The molecule has 2 rings (SSSR count). The highest BCUT2D eigenvalue weighted by molar-refractivity contribution is 7.12. The highest BCUT2D eigenvalue weighted by Crippen LogP contribution is 2.15. The van der Waals surface area contributed by atoms with Crippen LogP contribution in [0.15, 0.2) is 47.9 Å². The molecule has 0 aliphatic heterocycles. The van der Waals surface area contributed by atoms with Gasteiger partial charge in [-0.2, -0.15) is 0 Å². The lowest BCUT2D eigenvalue weighted by Crippen LogP contribution is -2.09. The summed E-state index contributed by atoms with van der Waals surface area (Å²) in [5.41, 5.74) is 1.34. The Balaban J connectivity index is 2.11. The maximum atomic E-state index is 11.8. The summed E-state index contributed by atoms with van der Waals surface area (Å²) in [6, 6.07) is 10.5. The average Bonchev–Trinajstić information content (AvgIpc) is 2.91. The number of amides is 1. The number of benzene rings is 1. The summed E-state index contributed by atoms with van der Waals surface area (Å²) in [5.74, 6) is -1.18. The summed E-state index contributed by atoms with van der Waals surface area (Å²) < 4.78 is 0. The molecule has 0 aliphatic rings. The Morgan fingerprint density at radius 1 is 1.21 bits per heavy atom. The first-order chi connectivity index (χ1) is 9.15. The molecule has 0 saturated heterocycles. The lowest BCUT2D eigenvalue weighted by Gasteiger charge is -2.04. The minimum absolute atomic E-state index is 0.172. The third kappa shape index (κ3) is 3.79. The Morgan fingerprint density at radius 2 is 2.05 bits per heavy atom. The van der Waals surface area contributed by atoms with Gasteiger partial charge in [0.2, 0.25) is 0 Å². The average molecular weight is 273 g/mol. The maximum absolute atomic E-state index is 11.8. The fourth-order valence-corrected chi connectivity index (χ4v) is 2.11. The monoisotopic (exact) mass is 273 g/mol. The van der Waals surface area contributed by atoms with Gasteiger partial charge < -0.3 is 10.4 Å². The molecule has 0 bridgehead atoms. The summed E-state index contributed by atoms with van der Waals surface area (Å²) in [7, 11) is 0. The number of carbonyl (C=O) groups is 2. The molecule has 1 heterocycles. The molecule has 1 aromatic heterocycles. The van der Waals surface area contributed by atoms with Gasteiger partial charge in [0.15, 0.2) is 0 Å². The molecule has 19 heavy (non-hydrogen) atoms. The summed E-state index contributed by atoms with van der Waals surface area (Å²) >= 11 is 1.36. The number of hydrogen-bond donors (Lipinski definition) is 2. The number of carboxylic acids is 1. The van der Waals surface area contributed by atoms with Crippen molar-refractivity contribution in [1.29, 1.82) is 0 Å². The van der Waals surface area contributed by atoms with Crippen molar-refractivity contribution in [2.24, 2.45) is 0 Å². The zero-order valence-electron chi connectivity index (χ0n) is 9.87. The van der Waals surface area contributed by atoms with Gasteiger partial charge in [-0.3, -0.25) is 4.79 Å². The molecule has 0 fully saturated rings. The van der Waals surface area contributed by atoms with Crippen LogP contribution in [-0.2, 0) is 4.79 Å². The van der Waals surface area contributed by atoms with Crippen molar-refractivity contribution >= 4 is 35.0 Å². The Hall–Kier alpha value is -2.40.